The first-order chi connectivity index (χ1) is 11.8. The van der Waals surface area contributed by atoms with E-state index in [9.17, 15) is 4.79 Å². The van der Waals surface area contributed by atoms with E-state index in [1.807, 2.05) is 35.4 Å². The van der Waals surface area contributed by atoms with Crippen LogP contribution in [-0.2, 0) is 0 Å². The molecule has 0 saturated carbocycles. The number of benzene rings is 1. The highest BCUT2D eigenvalue weighted by atomic mass is 16.2. The third-order valence-electron chi connectivity index (χ3n) is 4.41. The van der Waals surface area contributed by atoms with E-state index in [0.29, 0.717) is 12.1 Å². The summed E-state index contributed by atoms with van der Waals surface area (Å²) < 4.78 is 1.63. The molecule has 0 unspecified atom stereocenters. The van der Waals surface area contributed by atoms with Gasteiger partial charge in [-0.3, -0.25) is 4.79 Å². The summed E-state index contributed by atoms with van der Waals surface area (Å²) in [4.78, 5) is 26.5. The number of aromatic nitrogens is 5. The Morgan fingerprint density at radius 2 is 2.21 bits per heavy atom. The third kappa shape index (κ3) is 2.68. The molecule has 2 aromatic heterocycles. The number of para-hydroxylation sites is 1. The van der Waals surface area contributed by atoms with Gasteiger partial charge in [0.1, 0.15) is 18.5 Å². The average molecular weight is 322 g/mol. The molecule has 1 amide bonds. The van der Waals surface area contributed by atoms with Crippen LogP contribution in [0.2, 0.25) is 0 Å². The molecule has 1 aromatic carbocycles. The zero-order valence-electron chi connectivity index (χ0n) is 13.2. The van der Waals surface area contributed by atoms with Crippen LogP contribution in [-0.4, -0.2) is 48.6 Å². The Bertz CT molecular complexity index is 811. The number of piperidine rings is 1. The first kappa shape index (κ1) is 14.6. The maximum Gasteiger partial charge on any atom is 0.256 e. The topological polar surface area (TPSA) is 79.7 Å². The molecule has 1 aliphatic rings. The number of aromatic amines is 1. The lowest BCUT2D eigenvalue weighted by Gasteiger charge is -2.32. The minimum Gasteiger partial charge on any atom is -0.348 e. The summed E-state index contributed by atoms with van der Waals surface area (Å²) in [5.74, 6) is 1.24. The molecule has 122 valence electrons. The van der Waals surface area contributed by atoms with Crippen LogP contribution in [0.3, 0.4) is 0 Å². The van der Waals surface area contributed by atoms with Crippen molar-refractivity contribution < 1.29 is 4.79 Å². The molecule has 3 aromatic rings. The fraction of sp³-hybridized carbons (Fsp3) is 0.294. The number of H-pyrrole nitrogens is 1. The lowest BCUT2D eigenvalue weighted by atomic mass is 9.96. The molecule has 1 aliphatic heterocycles. The number of rotatable bonds is 3. The Kier molecular flexibility index (Phi) is 3.82. The minimum absolute atomic E-state index is 0.0253. The largest absolute Gasteiger partial charge is 0.348 e. The number of nitrogens with zero attached hydrogens (tertiary/aromatic N) is 5. The first-order valence-electron chi connectivity index (χ1n) is 8.05. The second kappa shape index (κ2) is 6.27. The molecule has 1 N–H and O–H groups in total. The summed E-state index contributed by atoms with van der Waals surface area (Å²) in [6.45, 7) is 1.44. The molecule has 4 rings (SSSR count). The summed E-state index contributed by atoms with van der Waals surface area (Å²) >= 11 is 0. The second-order valence-corrected chi connectivity index (χ2v) is 5.92. The number of carbonyl (C=O) groups is 1. The summed E-state index contributed by atoms with van der Waals surface area (Å²) in [7, 11) is 0. The minimum atomic E-state index is 0.0253. The molecule has 0 aliphatic carbocycles. The van der Waals surface area contributed by atoms with Crippen molar-refractivity contribution in [3.63, 3.8) is 0 Å². The van der Waals surface area contributed by atoms with E-state index in [1.165, 1.54) is 6.33 Å². The Balaban J connectivity index is 1.60. The standard InChI is InChI=1S/C17H18N6O/c24-17(14-5-1-2-6-15(14)23-12-18-11-21-23)22-9-3-4-13(10-22)16-19-7-8-20-16/h1-2,5-8,11-13H,3-4,9-10H2,(H,19,20)/t13-/m1/s1. The number of hydrogen-bond acceptors (Lipinski definition) is 4. The fourth-order valence-corrected chi connectivity index (χ4v) is 3.24. The number of likely N-dealkylation sites (tertiary alicyclic amines) is 1. The van der Waals surface area contributed by atoms with E-state index in [-0.39, 0.29) is 11.8 Å². The Morgan fingerprint density at radius 1 is 1.29 bits per heavy atom. The first-order valence-corrected chi connectivity index (χ1v) is 8.05. The van der Waals surface area contributed by atoms with Gasteiger partial charge >= 0.3 is 0 Å². The van der Waals surface area contributed by atoms with Crippen molar-refractivity contribution in [3.05, 3.63) is 60.7 Å². The highest BCUT2D eigenvalue weighted by molar-refractivity contribution is 5.97. The summed E-state index contributed by atoms with van der Waals surface area (Å²) in [5.41, 5.74) is 1.39. The van der Waals surface area contributed by atoms with E-state index in [0.717, 1.165) is 30.9 Å². The number of imidazole rings is 1. The smallest absolute Gasteiger partial charge is 0.256 e. The van der Waals surface area contributed by atoms with Crippen LogP contribution in [0.25, 0.3) is 5.69 Å². The van der Waals surface area contributed by atoms with Crippen molar-refractivity contribution in [1.82, 2.24) is 29.6 Å². The molecule has 0 spiro atoms. The molecule has 7 nitrogen and oxygen atoms in total. The van der Waals surface area contributed by atoms with Gasteiger partial charge in [0.05, 0.1) is 11.3 Å². The lowest BCUT2D eigenvalue weighted by Crippen LogP contribution is -2.39. The fourth-order valence-electron chi connectivity index (χ4n) is 3.24. The van der Waals surface area contributed by atoms with Gasteiger partial charge in [0.25, 0.3) is 5.91 Å². The van der Waals surface area contributed by atoms with E-state index in [1.54, 1.807) is 17.2 Å². The summed E-state index contributed by atoms with van der Waals surface area (Å²) in [6, 6.07) is 7.50. The van der Waals surface area contributed by atoms with Gasteiger partial charge in [0.15, 0.2) is 0 Å². The number of hydrogen-bond donors (Lipinski definition) is 1. The van der Waals surface area contributed by atoms with Gasteiger partial charge in [-0.15, -0.1) is 0 Å². The molecule has 24 heavy (non-hydrogen) atoms. The highest BCUT2D eigenvalue weighted by Crippen LogP contribution is 2.26. The highest BCUT2D eigenvalue weighted by Gasteiger charge is 2.28. The van der Waals surface area contributed by atoms with Crippen molar-refractivity contribution in [2.45, 2.75) is 18.8 Å². The number of carbonyl (C=O) groups excluding carboxylic acids is 1. The zero-order chi connectivity index (χ0) is 16.4. The van der Waals surface area contributed by atoms with Gasteiger partial charge in [-0.25, -0.2) is 14.6 Å². The van der Waals surface area contributed by atoms with Crippen molar-refractivity contribution in [3.8, 4) is 5.69 Å². The quantitative estimate of drug-likeness (QED) is 0.800. The van der Waals surface area contributed by atoms with Crippen LogP contribution in [0, 0.1) is 0 Å². The molecule has 0 bridgehead atoms. The van der Waals surface area contributed by atoms with Crippen LogP contribution < -0.4 is 0 Å². The predicted octanol–water partition coefficient (Wildman–Crippen LogP) is 2.01. The normalized spacial score (nSPS) is 17.8. The van der Waals surface area contributed by atoms with Crippen molar-refractivity contribution in [2.75, 3.05) is 13.1 Å². The van der Waals surface area contributed by atoms with Crippen LogP contribution >= 0.6 is 0 Å². The zero-order valence-corrected chi connectivity index (χ0v) is 13.2. The van der Waals surface area contributed by atoms with Crippen molar-refractivity contribution >= 4 is 5.91 Å². The van der Waals surface area contributed by atoms with Crippen LogP contribution in [0.1, 0.15) is 34.9 Å². The lowest BCUT2D eigenvalue weighted by molar-refractivity contribution is 0.0704. The number of amides is 1. The monoisotopic (exact) mass is 322 g/mol. The Morgan fingerprint density at radius 3 is 3.00 bits per heavy atom. The van der Waals surface area contributed by atoms with Gasteiger partial charge in [0.2, 0.25) is 0 Å². The van der Waals surface area contributed by atoms with E-state index in [4.69, 9.17) is 0 Å². The van der Waals surface area contributed by atoms with Gasteiger partial charge in [0, 0.05) is 31.4 Å². The van der Waals surface area contributed by atoms with Crippen molar-refractivity contribution in [1.29, 1.82) is 0 Å². The van der Waals surface area contributed by atoms with Crippen LogP contribution in [0.4, 0.5) is 0 Å². The maximum atomic E-state index is 13.1. The third-order valence-corrected chi connectivity index (χ3v) is 4.41. The van der Waals surface area contributed by atoms with Gasteiger partial charge in [-0.1, -0.05) is 12.1 Å². The van der Waals surface area contributed by atoms with E-state index in [2.05, 4.69) is 20.1 Å². The Labute approximate surface area is 139 Å². The molecule has 1 atom stereocenters. The van der Waals surface area contributed by atoms with Gasteiger partial charge in [-0.2, -0.15) is 5.10 Å². The predicted molar refractivity (Wildman–Crippen MR) is 87.8 cm³/mol. The average Bonchev–Trinajstić information content (AvgIpc) is 3.35. The summed E-state index contributed by atoms with van der Waals surface area (Å²) in [6.07, 6.45) is 8.68. The molecular weight excluding hydrogens is 304 g/mol. The van der Waals surface area contributed by atoms with Gasteiger partial charge < -0.3 is 9.88 Å². The van der Waals surface area contributed by atoms with Crippen LogP contribution in [0.5, 0.6) is 0 Å². The Hall–Kier alpha value is -2.96. The number of nitrogens with one attached hydrogen (secondary N) is 1. The molecule has 1 saturated heterocycles. The second-order valence-electron chi connectivity index (χ2n) is 5.92. The summed E-state index contributed by atoms with van der Waals surface area (Å²) in [5, 5.41) is 4.15. The SMILES string of the molecule is O=C(c1ccccc1-n1cncn1)N1CCC[C@@H](c2ncc[nH]2)C1. The van der Waals surface area contributed by atoms with E-state index >= 15 is 0 Å². The molecule has 1 fully saturated rings. The van der Waals surface area contributed by atoms with Crippen molar-refractivity contribution in [2.24, 2.45) is 0 Å². The van der Waals surface area contributed by atoms with Gasteiger partial charge in [-0.05, 0) is 25.0 Å². The molecular formula is C17H18N6O. The molecule has 7 heteroatoms. The molecule has 3 heterocycles. The van der Waals surface area contributed by atoms with Crippen LogP contribution in [0.15, 0.2) is 49.3 Å². The maximum absolute atomic E-state index is 13.1. The van der Waals surface area contributed by atoms with E-state index < -0.39 is 0 Å². The molecule has 0 radical (unpaired) electrons.